The Morgan fingerprint density at radius 1 is 1.15 bits per heavy atom. The molecular formula is C21H26N2O3. The maximum atomic E-state index is 12.8. The SMILES string of the molecule is CCC(=O)Nc1cccc(C(=O)N(C)C(C)Cc2ccccc2OC)c1. The topological polar surface area (TPSA) is 58.6 Å². The third-order valence-corrected chi connectivity index (χ3v) is 4.40. The fourth-order valence-electron chi connectivity index (χ4n) is 2.71. The van der Waals surface area contributed by atoms with Crippen molar-refractivity contribution in [1.82, 2.24) is 4.90 Å². The lowest BCUT2D eigenvalue weighted by atomic mass is 10.0. The standard InChI is InChI=1S/C21H26N2O3/c1-5-20(24)22-18-11-8-10-17(14-18)21(25)23(3)15(2)13-16-9-6-7-12-19(16)26-4/h6-12,14-15H,5,13H2,1-4H3,(H,22,24). The summed E-state index contributed by atoms with van der Waals surface area (Å²) >= 11 is 0. The Morgan fingerprint density at radius 3 is 2.58 bits per heavy atom. The van der Waals surface area contributed by atoms with Crippen molar-refractivity contribution in [3.8, 4) is 5.75 Å². The molecule has 2 aromatic carbocycles. The lowest BCUT2D eigenvalue weighted by Gasteiger charge is -2.26. The Labute approximate surface area is 155 Å². The molecule has 0 saturated heterocycles. The van der Waals surface area contributed by atoms with Crippen LogP contribution in [0.4, 0.5) is 5.69 Å². The Morgan fingerprint density at radius 2 is 1.88 bits per heavy atom. The van der Waals surface area contributed by atoms with E-state index in [1.807, 2.05) is 31.2 Å². The summed E-state index contributed by atoms with van der Waals surface area (Å²) in [6.45, 7) is 3.80. The number of nitrogens with one attached hydrogen (secondary N) is 1. The first-order valence-corrected chi connectivity index (χ1v) is 8.75. The molecule has 0 heterocycles. The molecule has 0 saturated carbocycles. The zero-order valence-corrected chi connectivity index (χ0v) is 15.8. The van der Waals surface area contributed by atoms with E-state index in [0.717, 1.165) is 11.3 Å². The van der Waals surface area contributed by atoms with E-state index in [0.29, 0.717) is 24.1 Å². The lowest BCUT2D eigenvalue weighted by molar-refractivity contribution is -0.115. The zero-order chi connectivity index (χ0) is 19.1. The molecule has 1 N–H and O–H groups in total. The van der Waals surface area contributed by atoms with Crippen LogP contribution in [0.1, 0.15) is 36.2 Å². The Hall–Kier alpha value is -2.82. The number of hydrogen-bond acceptors (Lipinski definition) is 3. The summed E-state index contributed by atoms with van der Waals surface area (Å²) in [5.41, 5.74) is 2.24. The van der Waals surface area contributed by atoms with Crippen LogP contribution in [0.2, 0.25) is 0 Å². The molecule has 0 fully saturated rings. The van der Waals surface area contributed by atoms with Crippen LogP contribution in [0, 0.1) is 0 Å². The van der Waals surface area contributed by atoms with Crippen LogP contribution in [-0.2, 0) is 11.2 Å². The van der Waals surface area contributed by atoms with Gasteiger partial charge in [0.15, 0.2) is 0 Å². The van der Waals surface area contributed by atoms with Gasteiger partial charge in [0.25, 0.3) is 5.91 Å². The van der Waals surface area contributed by atoms with Crippen LogP contribution in [-0.4, -0.2) is 36.9 Å². The highest BCUT2D eigenvalue weighted by molar-refractivity contribution is 5.97. The van der Waals surface area contributed by atoms with Crippen molar-refractivity contribution in [3.05, 3.63) is 59.7 Å². The van der Waals surface area contributed by atoms with E-state index in [1.54, 1.807) is 50.2 Å². The number of rotatable bonds is 7. The van der Waals surface area contributed by atoms with Crippen molar-refractivity contribution >= 4 is 17.5 Å². The smallest absolute Gasteiger partial charge is 0.253 e. The number of para-hydroxylation sites is 1. The number of carbonyl (C=O) groups is 2. The first-order chi connectivity index (χ1) is 12.5. The van der Waals surface area contributed by atoms with Gasteiger partial charge in [-0.3, -0.25) is 9.59 Å². The molecule has 0 aliphatic rings. The van der Waals surface area contributed by atoms with E-state index in [1.165, 1.54) is 0 Å². The Bertz CT molecular complexity index is 773. The molecule has 0 spiro atoms. The maximum absolute atomic E-state index is 12.8. The number of nitrogens with zero attached hydrogens (tertiary/aromatic N) is 1. The molecule has 138 valence electrons. The van der Waals surface area contributed by atoms with Crippen molar-refractivity contribution in [3.63, 3.8) is 0 Å². The number of likely N-dealkylation sites (N-methyl/N-ethyl adjacent to an activating group) is 1. The molecule has 0 radical (unpaired) electrons. The monoisotopic (exact) mass is 354 g/mol. The van der Waals surface area contributed by atoms with E-state index in [2.05, 4.69) is 5.32 Å². The van der Waals surface area contributed by atoms with E-state index in [4.69, 9.17) is 4.74 Å². The molecule has 0 aliphatic carbocycles. The van der Waals surface area contributed by atoms with Crippen LogP contribution < -0.4 is 10.1 Å². The molecule has 0 aliphatic heterocycles. The van der Waals surface area contributed by atoms with E-state index < -0.39 is 0 Å². The summed E-state index contributed by atoms with van der Waals surface area (Å²) in [5, 5.41) is 2.78. The predicted octanol–water partition coefficient (Wildman–Crippen LogP) is 3.75. The van der Waals surface area contributed by atoms with Gasteiger partial charge in [-0.25, -0.2) is 0 Å². The first-order valence-electron chi connectivity index (χ1n) is 8.75. The predicted molar refractivity (Wildman–Crippen MR) is 104 cm³/mol. The second kappa shape index (κ2) is 9.04. The highest BCUT2D eigenvalue weighted by Crippen LogP contribution is 2.21. The second-order valence-corrected chi connectivity index (χ2v) is 6.26. The fourth-order valence-corrected chi connectivity index (χ4v) is 2.71. The Kier molecular flexibility index (Phi) is 6.78. The third-order valence-electron chi connectivity index (χ3n) is 4.40. The van der Waals surface area contributed by atoms with Gasteiger partial charge in [0.2, 0.25) is 5.91 Å². The molecule has 5 nitrogen and oxygen atoms in total. The normalized spacial score (nSPS) is 11.5. The summed E-state index contributed by atoms with van der Waals surface area (Å²) < 4.78 is 5.39. The molecule has 2 aromatic rings. The number of amides is 2. The number of hydrogen-bond donors (Lipinski definition) is 1. The minimum Gasteiger partial charge on any atom is -0.496 e. The summed E-state index contributed by atoms with van der Waals surface area (Å²) in [5.74, 6) is 0.664. The highest BCUT2D eigenvalue weighted by Gasteiger charge is 2.19. The maximum Gasteiger partial charge on any atom is 0.253 e. The van der Waals surface area contributed by atoms with Crippen molar-refractivity contribution in [2.75, 3.05) is 19.5 Å². The van der Waals surface area contributed by atoms with Crippen molar-refractivity contribution < 1.29 is 14.3 Å². The summed E-state index contributed by atoms with van der Waals surface area (Å²) in [4.78, 5) is 26.1. The molecule has 0 bridgehead atoms. The van der Waals surface area contributed by atoms with Crippen LogP contribution in [0.25, 0.3) is 0 Å². The summed E-state index contributed by atoms with van der Waals surface area (Å²) in [6, 6.07) is 14.8. The van der Waals surface area contributed by atoms with Gasteiger partial charge in [-0.1, -0.05) is 31.2 Å². The molecule has 1 unspecified atom stereocenters. The van der Waals surface area contributed by atoms with Gasteiger partial charge in [-0.05, 0) is 43.2 Å². The number of carbonyl (C=O) groups excluding carboxylic acids is 2. The van der Waals surface area contributed by atoms with Gasteiger partial charge in [0.05, 0.1) is 7.11 Å². The Balaban J connectivity index is 2.11. The molecule has 26 heavy (non-hydrogen) atoms. The van der Waals surface area contributed by atoms with E-state index in [9.17, 15) is 9.59 Å². The number of methoxy groups -OCH3 is 1. The number of ether oxygens (including phenoxy) is 1. The van der Waals surface area contributed by atoms with Gasteiger partial charge < -0.3 is 15.0 Å². The summed E-state index contributed by atoms with van der Waals surface area (Å²) in [6.07, 6.45) is 1.09. The van der Waals surface area contributed by atoms with Crippen LogP contribution >= 0.6 is 0 Å². The zero-order valence-electron chi connectivity index (χ0n) is 15.8. The minimum atomic E-state index is -0.0833. The molecule has 5 heteroatoms. The van der Waals surface area contributed by atoms with Gasteiger partial charge in [0, 0.05) is 30.8 Å². The largest absolute Gasteiger partial charge is 0.496 e. The van der Waals surface area contributed by atoms with E-state index >= 15 is 0 Å². The average molecular weight is 354 g/mol. The quantitative estimate of drug-likeness (QED) is 0.824. The molecule has 0 aromatic heterocycles. The molecular weight excluding hydrogens is 328 g/mol. The van der Waals surface area contributed by atoms with Gasteiger partial charge in [-0.2, -0.15) is 0 Å². The number of benzene rings is 2. The van der Waals surface area contributed by atoms with Gasteiger partial charge >= 0.3 is 0 Å². The van der Waals surface area contributed by atoms with E-state index in [-0.39, 0.29) is 17.9 Å². The minimum absolute atomic E-state index is 0.00677. The second-order valence-electron chi connectivity index (χ2n) is 6.26. The fraction of sp³-hybridized carbons (Fsp3) is 0.333. The molecule has 1 atom stereocenters. The van der Waals surface area contributed by atoms with Crippen LogP contribution in [0.3, 0.4) is 0 Å². The lowest BCUT2D eigenvalue weighted by Crippen LogP contribution is -2.36. The van der Waals surface area contributed by atoms with Crippen molar-refractivity contribution in [1.29, 1.82) is 0 Å². The average Bonchev–Trinajstić information content (AvgIpc) is 2.67. The molecule has 2 rings (SSSR count). The molecule has 2 amide bonds. The number of anilines is 1. The van der Waals surface area contributed by atoms with Crippen molar-refractivity contribution in [2.45, 2.75) is 32.7 Å². The summed E-state index contributed by atoms with van der Waals surface area (Å²) in [7, 11) is 3.44. The van der Waals surface area contributed by atoms with Crippen molar-refractivity contribution in [2.24, 2.45) is 0 Å². The van der Waals surface area contributed by atoms with Crippen LogP contribution in [0.15, 0.2) is 48.5 Å². The third kappa shape index (κ3) is 4.85. The van der Waals surface area contributed by atoms with Gasteiger partial charge in [-0.15, -0.1) is 0 Å². The highest BCUT2D eigenvalue weighted by atomic mass is 16.5. The van der Waals surface area contributed by atoms with Gasteiger partial charge in [0.1, 0.15) is 5.75 Å². The first kappa shape index (κ1) is 19.5. The van der Waals surface area contributed by atoms with Crippen LogP contribution in [0.5, 0.6) is 5.75 Å².